The molecule has 0 spiro atoms. The molecule has 0 radical (unpaired) electrons. The number of nitrogens with one attached hydrogen (secondary N) is 1. The number of nitrogens with zero attached hydrogens (tertiary/aromatic N) is 2. The van der Waals surface area contributed by atoms with Crippen LogP contribution in [0.15, 0.2) is 18.3 Å². The van der Waals surface area contributed by atoms with Crippen molar-refractivity contribution in [3.8, 4) is 0 Å². The van der Waals surface area contributed by atoms with Crippen LogP contribution in [0.25, 0.3) is 0 Å². The highest BCUT2D eigenvalue weighted by molar-refractivity contribution is 5.97. The van der Waals surface area contributed by atoms with Crippen molar-refractivity contribution in [3.63, 3.8) is 0 Å². The highest BCUT2D eigenvalue weighted by Crippen LogP contribution is 2.43. The molecule has 1 aromatic rings. The third kappa shape index (κ3) is 1.98. The zero-order valence-corrected chi connectivity index (χ0v) is 12.1. The number of aromatic nitrogens is 1. The van der Waals surface area contributed by atoms with Crippen LogP contribution in [0.2, 0.25) is 0 Å². The van der Waals surface area contributed by atoms with Crippen molar-refractivity contribution < 1.29 is 9.59 Å². The van der Waals surface area contributed by atoms with Gasteiger partial charge in [-0.15, -0.1) is 0 Å². The number of carbonyl (C=O) groups is 2. The normalized spacial score (nSPS) is 31.1. The fourth-order valence-electron chi connectivity index (χ4n) is 4.33. The number of rotatable bonds is 2. The molecule has 3 aliphatic rings. The number of H-pyrrole nitrogens is 1. The number of fused-ring (bicyclic) bond motifs is 2. The second kappa shape index (κ2) is 4.90. The van der Waals surface area contributed by atoms with Crippen molar-refractivity contribution in [1.29, 1.82) is 0 Å². The van der Waals surface area contributed by atoms with Gasteiger partial charge in [-0.05, 0) is 50.2 Å². The Balaban J connectivity index is 1.61. The molecule has 2 saturated heterocycles. The minimum absolute atomic E-state index is 0.00949. The first-order chi connectivity index (χ1) is 10.3. The fraction of sp³-hybridized carbons (Fsp3) is 0.625. The van der Waals surface area contributed by atoms with Gasteiger partial charge in [0, 0.05) is 25.3 Å². The molecule has 3 fully saturated rings. The zero-order valence-electron chi connectivity index (χ0n) is 12.1. The average Bonchev–Trinajstić information content (AvgIpc) is 3.30. The molecule has 5 heteroatoms. The molecular weight excluding hydrogens is 266 g/mol. The van der Waals surface area contributed by atoms with Crippen LogP contribution in [0.3, 0.4) is 0 Å². The lowest BCUT2D eigenvalue weighted by molar-refractivity contribution is -0.136. The van der Waals surface area contributed by atoms with E-state index in [0.29, 0.717) is 11.6 Å². The van der Waals surface area contributed by atoms with Gasteiger partial charge in [0.1, 0.15) is 11.7 Å². The minimum atomic E-state index is -0.224. The van der Waals surface area contributed by atoms with Crippen molar-refractivity contribution >= 4 is 11.8 Å². The Kier molecular flexibility index (Phi) is 3.01. The van der Waals surface area contributed by atoms with Crippen molar-refractivity contribution in [2.75, 3.05) is 13.1 Å². The van der Waals surface area contributed by atoms with E-state index >= 15 is 0 Å². The maximum absolute atomic E-state index is 12.8. The van der Waals surface area contributed by atoms with Crippen LogP contribution >= 0.6 is 0 Å². The van der Waals surface area contributed by atoms with Gasteiger partial charge >= 0.3 is 0 Å². The summed E-state index contributed by atoms with van der Waals surface area (Å²) in [7, 11) is 0. The standard InChI is InChI=1S/C16H21N3O2/c20-15(13-4-3-7-17-13)19-12-6-5-11(10-12)14(19)16(21)18-8-1-2-9-18/h3-4,7,11-12,14,17H,1-2,5-6,8-10H2/t11-,12-,14-/m0/s1. The number of hydrogen-bond donors (Lipinski definition) is 1. The lowest BCUT2D eigenvalue weighted by atomic mass is 9.97. The summed E-state index contributed by atoms with van der Waals surface area (Å²) in [6.45, 7) is 1.72. The van der Waals surface area contributed by atoms with E-state index in [1.165, 1.54) is 0 Å². The summed E-state index contributed by atoms with van der Waals surface area (Å²) in [5, 5.41) is 0. The molecule has 0 unspecified atom stereocenters. The Morgan fingerprint density at radius 2 is 2.00 bits per heavy atom. The van der Waals surface area contributed by atoms with Gasteiger partial charge < -0.3 is 14.8 Å². The van der Waals surface area contributed by atoms with Gasteiger partial charge in [-0.1, -0.05) is 0 Å². The lowest BCUT2D eigenvalue weighted by Gasteiger charge is -2.36. The Hall–Kier alpha value is -1.78. The smallest absolute Gasteiger partial charge is 0.271 e. The number of aromatic amines is 1. The number of likely N-dealkylation sites (tertiary alicyclic amines) is 2. The van der Waals surface area contributed by atoms with Gasteiger partial charge in [0.15, 0.2) is 0 Å². The first-order valence-corrected chi connectivity index (χ1v) is 8.00. The zero-order chi connectivity index (χ0) is 14.4. The number of amides is 2. The predicted molar refractivity (Wildman–Crippen MR) is 77.7 cm³/mol. The molecule has 2 aliphatic heterocycles. The molecule has 21 heavy (non-hydrogen) atoms. The molecule has 3 heterocycles. The van der Waals surface area contributed by atoms with Crippen molar-refractivity contribution in [2.45, 2.75) is 44.2 Å². The van der Waals surface area contributed by atoms with Crippen LogP contribution in [0.5, 0.6) is 0 Å². The van der Waals surface area contributed by atoms with Crippen LogP contribution in [-0.2, 0) is 4.79 Å². The molecule has 1 N–H and O–H groups in total. The van der Waals surface area contributed by atoms with Gasteiger partial charge in [0.2, 0.25) is 5.91 Å². The van der Waals surface area contributed by atoms with E-state index < -0.39 is 0 Å². The molecule has 4 rings (SSSR count). The molecule has 1 aromatic heterocycles. The molecule has 1 saturated carbocycles. The summed E-state index contributed by atoms with van der Waals surface area (Å²) in [6.07, 6.45) is 7.08. The van der Waals surface area contributed by atoms with Crippen LogP contribution in [-0.4, -0.2) is 51.8 Å². The Morgan fingerprint density at radius 1 is 1.19 bits per heavy atom. The number of carbonyl (C=O) groups excluding carboxylic acids is 2. The van der Waals surface area contributed by atoms with Crippen molar-refractivity contribution in [1.82, 2.24) is 14.8 Å². The summed E-state index contributed by atoms with van der Waals surface area (Å²) < 4.78 is 0. The average molecular weight is 287 g/mol. The van der Waals surface area contributed by atoms with Crippen molar-refractivity contribution in [3.05, 3.63) is 24.0 Å². The highest BCUT2D eigenvalue weighted by Gasteiger charge is 2.52. The summed E-state index contributed by atoms with van der Waals surface area (Å²) in [5.41, 5.74) is 0.599. The SMILES string of the molecule is O=C([C@@H]1[C@H]2CC[C@@H](C2)N1C(=O)c1ccc[nH]1)N1CCCC1. The Morgan fingerprint density at radius 3 is 2.71 bits per heavy atom. The largest absolute Gasteiger partial charge is 0.357 e. The van der Waals surface area contributed by atoms with E-state index in [-0.39, 0.29) is 23.9 Å². The maximum Gasteiger partial charge on any atom is 0.271 e. The van der Waals surface area contributed by atoms with Crippen LogP contribution in [0.1, 0.15) is 42.6 Å². The van der Waals surface area contributed by atoms with Crippen LogP contribution in [0.4, 0.5) is 0 Å². The van der Waals surface area contributed by atoms with E-state index in [9.17, 15) is 9.59 Å². The quantitative estimate of drug-likeness (QED) is 0.899. The molecule has 112 valence electrons. The summed E-state index contributed by atoms with van der Waals surface area (Å²) in [4.78, 5) is 32.4. The third-order valence-corrected chi connectivity index (χ3v) is 5.32. The molecule has 2 bridgehead atoms. The van der Waals surface area contributed by atoms with Gasteiger partial charge in [0.05, 0.1) is 0 Å². The molecule has 3 atom stereocenters. The molecule has 0 aromatic carbocycles. The first-order valence-electron chi connectivity index (χ1n) is 8.00. The number of piperidine rings is 1. The van der Waals surface area contributed by atoms with Gasteiger partial charge in [-0.25, -0.2) is 0 Å². The molecule has 1 aliphatic carbocycles. The van der Waals surface area contributed by atoms with E-state index in [1.54, 1.807) is 12.3 Å². The maximum atomic E-state index is 12.8. The minimum Gasteiger partial charge on any atom is -0.357 e. The monoisotopic (exact) mass is 287 g/mol. The van der Waals surface area contributed by atoms with E-state index in [1.807, 2.05) is 15.9 Å². The van der Waals surface area contributed by atoms with Crippen molar-refractivity contribution in [2.24, 2.45) is 5.92 Å². The summed E-state index contributed by atoms with van der Waals surface area (Å²) in [5.74, 6) is 0.534. The van der Waals surface area contributed by atoms with Gasteiger partial charge in [0.25, 0.3) is 5.91 Å². The predicted octanol–water partition coefficient (Wildman–Crippen LogP) is 1.63. The van der Waals surface area contributed by atoms with Gasteiger partial charge in [-0.3, -0.25) is 9.59 Å². The molecule has 5 nitrogen and oxygen atoms in total. The van der Waals surface area contributed by atoms with Gasteiger partial charge in [-0.2, -0.15) is 0 Å². The Labute approximate surface area is 124 Å². The van der Waals surface area contributed by atoms with E-state index in [2.05, 4.69) is 4.98 Å². The molecule has 2 amide bonds. The lowest BCUT2D eigenvalue weighted by Crippen LogP contribution is -2.53. The van der Waals surface area contributed by atoms with Crippen LogP contribution in [0, 0.1) is 5.92 Å². The highest BCUT2D eigenvalue weighted by atomic mass is 16.2. The summed E-state index contributed by atoms with van der Waals surface area (Å²) >= 11 is 0. The first kappa shape index (κ1) is 12.9. The second-order valence-electron chi connectivity index (χ2n) is 6.50. The second-order valence-corrected chi connectivity index (χ2v) is 6.50. The topological polar surface area (TPSA) is 56.4 Å². The fourth-order valence-corrected chi connectivity index (χ4v) is 4.33. The Bertz CT molecular complexity index is 548. The third-order valence-electron chi connectivity index (χ3n) is 5.32. The van der Waals surface area contributed by atoms with E-state index in [4.69, 9.17) is 0 Å². The summed E-state index contributed by atoms with van der Waals surface area (Å²) in [6, 6.07) is 3.66. The number of hydrogen-bond acceptors (Lipinski definition) is 2. The molecular formula is C16H21N3O2. The van der Waals surface area contributed by atoms with Crippen LogP contribution < -0.4 is 0 Å². The van der Waals surface area contributed by atoms with E-state index in [0.717, 1.165) is 45.2 Å².